The quantitative estimate of drug-likeness (QED) is 0.528. The molecular weight excluding hydrogens is 145 g/mol. The summed E-state index contributed by atoms with van der Waals surface area (Å²) in [4.78, 5) is 10.6. The van der Waals surface area contributed by atoms with Gasteiger partial charge in [0.05, 0.1) is 0 Å². The number of hydrogen-bond donors (Lipinski definition) is 0. The first-order valence-electron chi connectivity index (χ1n) is 2.34. The fourth-order valence-corrected chi connectivity index (χ4v) is 0.674. The van der Waals surface area contributed by atoms with Gasteiger partial charge in [0, 0.05) is 0 Å². The van der Waals surface area contributed by atoms with Crippen LogP contribution in [-0.2, 0) is 4.79 Å². The summed E-state index contributed by atoms with van der Waals surface area (Å²) >= 11 is 5.23. The van der Waals surface area contributed by atoms with E-state index in [1.807, 2.05) is 0 Å². The first kappa shape index (κ1) is 6.55. The van der Waals surface area contributed by atoms with E-state index in [9.17, 15) is 9.18 Å². The third-order valence-corrected chi connectivity index (χ3v) is 1.25. The van der Waals surface area contributed by atoms with Gasteiger partial charge in [-0.3, -0.25) is 10.1 Å². The van der Waals surface area contributed by atoms with Crippen molar-refractivity contribution in [1.82, 2.24) is 5.32 Å². The number of carbonyl (C=O) groups excluding carboxylic acids is 1. The van der Waals surface area contributed by atoms with Gasteiger partial charge in [0.15, 0.2) is 0 Å². The van der Waals surface area contributed by atoms with Crippen molar-refractivity contribution in [2.75, 3.05) is 6.67 Å². The van der Waals surface area contributed by atoms with Gasteiger partial charge in [-0.15, -0.1) is 0 Å². The molecule has 0 N–H and O–H groups in total. The molecule has 0 aromatic rings. The van der Waals surface area contributed by atoms with Crippen LogP contribution in [0.25, 0.3) is 0 Å². The summed E-state index contributed by atoms with van der Waals surface area (Å²) in [5.41, 5.74) is 0. The minimum atomic E-state index is -0.919. The molecule has 9 heavy (non-hydrogen) atoms. The Morgan fingerprint density at radius 3 is 2.78 bits per heavy atom. The predicted octanol–water partition coefficient (Wildman–Crippen LogP) is 0.395. The topological polar surface area (TPSA) is 31.2 Å². The fourth-order valence-electron chi connectivity index (χ4n) is 0.499. The second kappa shape index (κ2) is 2.35. The highest BCUT2D eigenvalue weighted by atomic mass is 35.5. The number of hydrogen-bond acceptors (Lipinski definition) is 1. The van der Waals surface area contributed by atoms with E-state index in [0.29, 0.717) is 0 Å². The van der Waals surface area contributed by atoms with Gasteiger partial charge >= 0.3 is 0 Å². The molecule has 1 unspecified atom stereocenters. The summed E-state index contributed by atoms with van der Waals surface area (Å²) in [6, 6.07) is -0.919. The third-order valence-electron chi connectivity index (χ3n) is 0.984. The number of carbonyl (C=O) groups is 1. The SMILES string of the molecule is O=C1C(Cl)=[C][N]C1CF. The summed E-state index contributed by atoms with van der Waals surface area (Å²) in [6.45, 7) is -0.790. The maximum Gasteiger partial charge on any atom is 0.203 e. The lowest BCUT2D eigenvalue weighted by Gasteiger charge is -1.97. The van der Waals surface area contributed by atoms with Crippen LogP contribution in [0.15, 0.2) is 5.03 Å². The molecule has 1 atom stereocenters. The molecule has 0 spiro atoms. The van der Waals surface area contributed by atoms with Crippen LogP contribution in [0, 0.1) is 6.20 Å². The van der Waals surface area contributed by atoms with Crippen LogP contribution in [0.2, 0.25) is 0 Å². The fraction of sp³-hybridized carbons (Fsp3) is 0.400. The lowest BCUT2D eigenvalue weighted by Crippen LogP contribution is -2.24. The van der Waals surface area contributed by atoms with Crippen molar-refractivity contribution >= 4 is 17.4 Å². The Morgan fingerprint density at radius 1 is 1.89 bits per heavy atom. The summed E-state index contributed by atoms with van der Waals surface area (Å²) in [5.74, 6) is -0.473. The van der Waals surface area contributed by atoms with E-state index in [-0.39, 0.29) is 5.03 Å². The molecule has 2 radical (unpaired) electrons. The molecule has 1 aliphatic heterocycles. The van der Waals surface area contributed by atoms with E-state index in [0.717, 1.165) is 0 Å². The highest BCUT2D eigenvalue weighted by Crippen LogP contribution is 2.12. The Kier molecular flexibility index (Phi) is 1.71. The predicted molar refractivity (Wildman–Crippen MR) is 29.5 cm³/mol. The Hall–Kier alpha value is -0.570. The van der Waals surface area contributed by atoms with Crippen LogP contribution in [0.1, 0.15) is 0 Å². The van der Waals surface area contributed by atoms with Gasteiger partial charge in [-0.1, -0.05) is 11.6 Å². The Balaban J connectivity index is 2.62. The molecule has 0 bridgehead atoms. The molecular formula is C5H3ClFNO. The zero-order valence-corrected chi connectivity index (χ0v) is 5.15. The number of nitrogens with zero attached hydrogens (tertiary/aromatic N) is 1. The normalized spacial score (nSPS) is 25.8. The Morgan fingerprint density at radius 2 is 2.56 bits per heavy atom. The minimum absolute atomic E-state index is 0.0994. The number of Topliss-reactive ketones (excluding diaryl/α,β-unsaturated/α-hetero) is 1. The number of ketones is 1. The average molecular weight is 148 g/mol. The van der Waals surface area contributed by atoms with Crippen LogP contribution < -0.4 is 5.32 Å². The maximum absolute atomic E-state index is 11.7. The lowest BCUT2D eigenvalue weighted by atomic mass is 10.2. The molecule has 1 heterocycles. The van der Waals surface area contributed by atoms with E-state index >= 15 is 0 Å². The zero-order chi connectivity index (χ0) is 6.85. The van der Waals surface area contributed by atoms with Crippen molar-refractivity contribution < 1.29 is 9.18 Å². The Labute approximate surface area is 56.7 Å². The van der Waals surface area contributed by atoms with Crippen molar-refractivity contribution in [2.45, 2.75) is 6.04 Å². The van der Waals surface area contributed by atoms with Gasteiger partial charge in [0.2, 0.25) is 5.78 Å². The van der Waals surface area contributed by atoms with Crippen molar-refractivity contribution in [3.8, 4) is 0 Å². The standard InChI is InChI=1S/C5H3ClFNO/c6-3-2-8-4(1-7)5(3)9/h4H,1H2. The van der Waals surface area contributed by atoms with E-state index in [4.69, 9.17) is 11.6 Å². The Bertz CT molecular complexity index is 168. The summed E-state index contributed by atoms with van der Waals surface area (Å²) < 4.78 is 11.7. The molecule has 1 aliphatic rings. The second-order valence-electron chi connectivity index (χ2n) is 1.59. The van der Waals surface area contributed by atoms with Crippen LogP contribution in [0.5, 0.6) is 0 Å². The first-order valence-corrected chi connectivity index (χ1v) is 2.72. The van der Waals surface area contributed by atoms with E-state index < -0.39 is 18.5 Å². The smallest absolute Gasteiger partial charge is 0.203 e. The van der Waals surface area contributed by atoms with Crippen LogP contribution >= 0.6 is 11.6 Å². The summed E-state index contributed by atoms with van der Waals surface area (Å²) in [5, 5.41) is 3.27. The van der Waals surface area contributed by atoms with Gasteiger partial charge in [-0.05, 0) is 0 Å². The zero-order valence-electron chi connectivity index (χ0n) is 4.40. The van der Waals surface area contributed by atoms with E-state index in [1.54, 1.807) is 0 Å². The minimum Gasteiger partial charge on any atom is -0.291 e. The lowest BCUT2D eigenvalue weighted by molar-refractivity contribution is -0.116. The van der Waals surface area contributed by atoms with Crippen molar-refractivity contribution in [1.29, 1.82) is 0 Å². The van der Waals surface area contributed by atoms with Crippen LogP contribution in [0.4, 0.5) is 4.39 Å². The van der Waals surface area contributed by atoms with Crippen molar-refractivity contribution in [3.63, 3.8) is 0 Å². The van der Waals surface area contributed by atoms with Crippen LogP contribution in [0.3, 0.4) is 0 Å². The number of rotatable bonds is 1. The molecule has 4 heteroatoms. The third kappa shape index (κ3) is 1.05. The molecule has 48 valence electrons. The van der Waals surface area contributed by atoms with Gasteiger partial charge < -0.3 is 0 Å². The molecule has 0 amide bonds. The first-order chi connectivity index (χ1) is 4.25. The molecule has 0 aliphatic carbocycles. The number of alkyl halides is 1. The highest BCUT2D eigenvalue weighted by Gasteiger charge is 2.27. The van der Waals surface area contributed by atoms with Crippen molar-refractivity contribution in [2.24, 2.45) is 0 Å². The van der Waals surface area contributed by atoms with Gasteiger partial charge in [-0.25, -0.2) is 4.39 Å². The van der Waals surface area contributed by atoms with Gasteiger partial charge in [-0.2, -0.15) is 0 Å². The average Bonchev–Trinajstić information content (AvgIpc) is 2.15. The monoisotopic (exact) mass is 147 g/mol. The van der Waals surface area contributed by atoms with E-state index in [2.05, 4.69) is 11.5 Å². The van der Waals surface area contributed by atoms with Gasteiger partial charge in [0.25, 0.3) is 0 Å². The summed E-state index contributed by atoms with van der Waals surface area (Å²) in [7, 11) is 0. The summed E-state index contributed by atoms with van der Waals surface area (Å²) in [6.07, 6.45) is 2.19. The van der Waals surface area contributed by atoms with Crippen LogP contribution in [-0.4, -0.2) is 18.5 Å². The van der Waals surface area contributed by atoms with Crippen molar-refractivity contribution in [3.05, 3.63) is 11.2 Å². The molecule has 0 aromatic carbocycles. The molecule has 0 saturated carbocycles. The molecule has 0 saturated heterocycles. The van der Waals surface area contributed by atoms with Gasteiger partial charge in [0.1, 0.15) is 23.9 Å². The molecule has 0 aromatic heterocycles. The highest BCUT2D eigenvalue weighted by molar-refractivity contribution is 6.43. The maximum atomic E-state index is 11.7. The second-order valence-corrected chi connectivity index (χ2v) is 1.97. The van der Waals surface area contributed by atoms with E-state index in [1.165, 1.54) is 0 Å². The molecule has 2 nitrogen and oxygen atoms in total. The molecule has 1 rings (SSSR count). The molecule has 0 fully saturated rings. The number of halogens is 2. The largest absolute Gasteiger partial charge is 0.291 e.